The largest absolute Gasteiger partial charge is 0.496 e. The van der Waals surface area contributed by atoms with E-state index in [2.05, 4.69) is 10.2 Å². The van der Waals surface area contributed by atoms with E-state index in [0.717, 1.165) is 19.0 Å². The van der Waals surface area contributed by atoms with E-state index in [1.54, 1.807) is 12.1 Å². The van der Waals surface area contributed by atoms with E-state index in [1.807, 2.05) is 0 Å². The first-order chi connectivity index (χ1) is 10.6. The Balaban J connectivity index is 1.57. The number of nitrogens with two attached hydrogens (primary N) is 1. The van der Waals surface area contributed by atoms with Crippen LogP contribution in [-0.2, 0) is 0 Å². The summed E-state index contributed by atoms with van der Waals surface area (Å²) in [7, 11) is 1.53. The Kier molecular flexibility index (Phi) is 3.24. The number of hydrogen-bond acceptors (Lipinski definition) is 4. The molecule has 4 unspecified atom stereocenters. The third-order valence-corrected chi connectivity index (χ3v) is 5.82. The molecule has 5 rings (SSSR count). The Bertz CT molecular complexity index is 632. The van der Waals surface area contributed by atoms with Gasteiger partial charge in [0.25, 0.3) is 5.91 Å². The Hall–Kier alpha value is -1.46. The fourth-order valence-corrected chi connectivity index (χ4v) is 4.73. The number of piperidine rings is 2. The molecule has 118 valence electrons. The van der Waals surface area contributed by atoms with Gasteiger partial charge in [0.15, 0.2) is 0 Å². The predicted molar refractivity (Wildman–Crippen MR) is 85.2 cm³/mol. The molecule has 5 atom stereocenters. The van der Waals surface area contributed by atoms with Gasteiger partial charge in [0.2, 0.25) is 0 Å². The van der Waals surface area contributed by atoms with Gasteiger partial charge in [-0.2, -0.15) is 0 Å². The van der Waals surface area contributed by atoms with Crippen molar-refractivity contribution in [2.24, 2.45) is 17.8 Å². The molecule has 0 aromatic heterocycles. The summed E-state index contributed by atoms with van der Waals surface area (Å²) in [6.07, 6.45) is 1.24. The molecule has 4 bridgehead atoms. The summed E-state index contributed by atoms with van der Waals surface area (Å²) in [4.78, 5) is 15.2. The van der Waals surface area contributed by atoms with Gasteiger partial charge in [-0.25, -0.2) is 0 Å². The number of ether oxygens (including phenoxy) is 1. The number of halogens is 1. The average molecular weight is 322 g/mol. The highest BCUT2D eigenvalue weighted by atomic mass is 35.5. The molecule has 4 aliphatic rings. The van der Waals surface area contributed by atoms with E-state index >= 15 is 0 Å². The summed E-state index contributed by atoms with van der Waals surface area (Å²) in [5, 5.41) is 3.61. The van der Waals surface area contributed by atoms with Gasteiger partial charge in [-0.15, -0.1) is 0 Å². The van der Waals surface area contributed by atoms with Gasteiger partial charge < -0.3 is 20.7 Å². The zero-order valence-corrected chi connectivity index (χ0v) is 13.3. The van der Waals surface area contributed by atoms with E-state index in [4.69, 9.17) is 22.1 Å². The maximum Gasteiger partial charge on any atom is 0.255 e. The number of nitrogens with one attached hydrogen (secondary N) is 1. The summed E-state index contributed by atoms with van der Waals surface area (Å²) in [6, 6.07) is 3.48. The lowest BCUT2D eigenvalue weighted by Gasteiger charge is -2.35. The number of benzene rings is 1. The lowest BCUT2D eigenvalue weighted by molar-refractivity contribution is 0.0875. The number of methoxy groups -OCH3 is 1. The molecule has 1 aliphatic carbocycles. The zero-order valence-electron chi connectivity index (χ0n) is 12.5. The van der Waals surface area contributed by atoms with Gasteiger partial charge in [0.1, 0.15) is 5.75 Å². The van der Waals surface area contributed by atoms with Crippen molar-refractivity contribution in [3.05, 3.63) is 22.7 Å². The van der Waals surface area contributed by atoms with Crippen LogP contribution in [0.1, 0.15) is 16.8 Å². The molecular weight excluding hydrogens is 302 g/mol. The van der Waals surface area contributed by atoms with Crippen LogP contribution in [0.3, 0.4) is 0 Å². The van der Waals surface area contributed by atoms with Gasteiger partial charge in [-0.05, 0) is 30.2 Å². The number of rotatable bonds is 3. The lowest BCUT2D eigenvalue weighted by atomic mass is 9.93. The first kappa shape index (κ1) is 14.2. The third kappa shape index (κ3) is 2.07. The molecule has 3 aliphatic heterocycles. The first-order valence-corrected chi connectivity index (χ1v) is 8.11. The number of hydrogen-bond donors (Lipinski definition) is 2. The van der Waals surface area contributed by atoms with Crippen LogP contribution in [0.2, 0.25) is 5.02 Å². The summed E-state index contributed by atoms with van der Waals surface area (Å²) >= 11 is 6.06. The van der Waals surface area contributed by atoms with Crippen LogP contribution in [0.5, 0.6) is 5.75 Å². The highest BCUT2D eigenvalue weighted by Gasteiger charge is 2.53. The molecule has 1 aromatic rings. The van der Waals surface area contributed by atoms with Crippen LogP contribution in [-0.4, -0.2) is 43.6 Å². The summed E-state index contributed by atoms with van der Waals surface area (Å²) in [6.45, 7) is 3.42. The van der Waals surface area contributed by atoms with Crippen molar-refractivity contribution in [2.75, 3.05) is 32.5 Å². The quantitative estimate of drug-likeness (QED) is 0.830. The van der Waals surface area contributed by atoms with E-state index in [-0.39, 0.29) is 11.9 Å². The predicted octanol–water partition coefficient (Wildman–Crippen LogP) is 1.61. The maximum absolute atomic E-state index is 12.7. The molecule has 3 heterocycles. The van der Waals surface area contributed by atoms with E-state index in [9.17, 15) is 4.79 Å². The Labute approximate surface area is 134 Å². The van der Waals surface area contributed by atoms with Crippen molar-refractivity contribution in [1.29, 1.82) is 0 Å². The Morgan fingerprint density at radius 1 is 1.36 bits per heavy atom. The number of amides is 1. The summed E-state index contributed by atoms with van der Waals surface area (Å²) < 4.78 is 5.28. The summed E-state index contributed by atoms with van der Waals surface area (Å²) in [5.74, 6) is 2.28. The van der Waals surface area contributed by atoms with Crippen molar-refractivity contribution in [3.63, 3.8) is 0 Å². The Morgan fingerprint density at radius 2 is 2.14 bits per heavy atom. The van der Waals surface area contributed by atoms with Crippen LogP contribution in [0.4, 0.5) is 5.69 Å². The molecule has 5 nitrogen and oxygen atoms in total. The zero-order chi connectivity index (χ0) is 15.4. The second kappa shape index (κ2) is 5.03. The topological polar surface area (TPSA) is 67.6 Å². The van der Waals surface area contributed by atoms with Gasteiger partial charge in [-0.3, -0.25) is 4.79 Å². The van der Waals surface area contributed by atoms with Gasteiger partial charge in [-0.1, -0.05) is 11.6 Å². The highest BCUT2D eigenvalue weighted by molar-refractivity contribution is 6.33. The SMILES string of the molecule is COc1cc(N)c(Cl)cc1C(=O)N[C@@H]1C2CC3CN(C2)CC31. The van der Waals surface area contributed by atoms with Crippen molar-refractivity contribution in [1.82, 2.24) is 10.2 Å². The van der Waals surface area contributed by atoms with Crippen LogP contribution in [0, 0.1) is 17.8 Å². The molecule has 6 heteroatoms. The number of anilines is 1. The minimum Gasteiger partial charge on any atom is -0.496 e. The molecule has 1 amide bonds. The molecule has 22 heavy (non-hydrogen) atoms. The van der Waals surface area contributed by atoms with Crippen LogP contribution in [0.25, 0.3) is 0 Å². The lowest BCUT2D eigenvalue weighted by Crippen LogP contribution is -2.50. The average Bonchev–Trinajstić information content (AvgIpc) is 2.91. The molecule has 0 spiro atoms. The third-order valence-electron chi connectivity index (χ3n) is 5.50. The van der Waals surface area contributed by atoms with Gasteiger partial charge >= 0.3 is 0 Å². The second-order valence-corrected chi connectivity index (χ2v) is 7.12. The second-order valence-electron chi connectivity index (χ2n) is 6.71. The fraction of sp³-hybridized carbons (Fsp3) is 0.562. The Morgan fingerprint density at radius 3 is 2.86 bits per heavy atom. The molecular formula is C16H20ClN3O2. The molecule has 3 N–H and O–H groups in total. The minimum absolute atomic E-state index is 0.116. The number of nitrogens with zero attached hydrogens (tertiary/aromatic N) is 1. The first-order valence-electron chi connectivity index (χ1n) is 7.73. The normalized spacial score (nSPS) is 34.9. The molecule has 1 aromatic carbocycles. The van der Waals surface area contributed by atoms with Crippen LogP contribution >= 0.6 is 11.6 Å². The number of nitrogen functional groups attached to an aromatic ring is 1. The maximum atomic E-state index is 12.7. The van der Waals surface area contributed by atoms with Crippen LogP contribution < -0.4 is 15.8 Å². The monoisotopic (exact) mass is 321 g/mol. The smallest absolute Gasteiger partial charge is 0.255 e. The van der Waals surface area contributed by atoms with E-state index < -0.39 is 0 Å². The van der Waals surface area contributed by atoms with Crippen molar-refractivity contribution >= 4 is 23.2 Å². The summed E-state index contributed by atoms with van der Waals surface area (Å²) in [5.41, 5.74) is 6.65. The van der Waals surface area contributed by atoms with E-state index in [1.165, 1.54) is 20.1 Å². The van der Waals surface area contributed by atoms with Crippen molar-refractivity contribution in [2.45, 2.75) is 12.5 Å². The molecule has 0 radical (unpaired) electrons. The number of carbonyl (C=O) groups excluding carboxylic acids is 1. The highest BCUT2D eigenvalue weighted by Crippen LogP contribution is 2.47. The molecule has 3 saturated heterocycles. The fourth-order valence-electron chi connectivity index (χ4n) is 4.57. The van der Waals surface area contributed by atoms with Gasteiger partial charge in [0.05, 0.1) is 23.4 Å². The van der Waals surface area contributed by atoms with Gasteiger partial charge in [0, 0.05) is 31.7 Å². The van der Waals surface area contributed by atoms with Crippen molar-refractivity contribution < 1.29 is 9.53 Å². The standard InChI is InChI=1S/C16H20ClN3O2/c1-22-14-4-13(18)12(17)3-10(14)16(21)19-15-9-2-8-5-20(6-9)7-11(8)15/h3-4,8-9,11,15H,2,5-7,18H2,1H3,(H,19,21)/t8?,9?,11?,15-/m1/s1. The molecule has 1 saturated carbocycles. The minimum atomic E-state index is -0.116. The molecule has 4 fully saturated rings. The van der Waals surface area contributed by atoms with Crippen LogP contribution in [0.15, 0.2) is 12.1 Å². The number of carbonyl (C=O) groups is 1. The van der Waals surface area contributed by atoms with Crippen molar-refractivity contribution in [3.8, 4) is 5.75 Å². The van der Waals surface area contributed by atoms with E-state index in [0.29, 0.717) is 33.9 Å².